The van der Waals surface area contributed by atoms with Crippen LogP contribution in [0.25, 0.3) is 11.4 Å². The Kier molecular flexibility index (Phi) is 5.47. The lowest BCUT2D eigenvalue weighted by molar-refractivity contribution is -0.122. The maximum absolute atomic E-state index is 12.8. The fraction of sp³-hybridized carbons (Fsp3) is 0.360. The highest BCUT2D eigenvalue weighted by Gasteiger charge is 2.35. The number of rotatable bonds is 4. The van der Waals surface area contributed by atoms with Crippen molar-refractivity contribution in [3.8, 4) is 11.4 Å². The van der Waals surface area contributed by atoms with Gasteiger partial charge < -0.3 is 14.8 Å². The third-order valence-electron chi connectivity index (χ3n) is 6.36. The molecule has 0 radical (unpaired) electrons. The van der Waals surface area contributed by atoms with Crippen molar-refractivity contribution in [3.05, 3.63) is 59.9 Å². The van der Waals surface area contributed by atoms with Crippen molar-refractivity contribution < 1.29 is 9.59 Å². The molecule has 3 aromatic rings. The average molecular weight is 430 g/mol. The van der Waals surface area contributed by atoms with Gasteiger partial charge in [-0.15, -0.1) is 10.2 Å². The van der Waals surface area contributed by atoms with Crippen molar-refractivity contribution in [2.45, 2.75) is 45.6 Å². The molecule has 2 aromatic carbocycles. The lowest BCUT2D eigenvalue weighted by Crippen LogP contribution is -2.28. The summed E-state index contributed by atoms with van der Waals surface area (Å²) in [6.07, 6.45) is 4.73. The molecule has 0 spiro atoms. The highest BCUT2D eigenvalue weighted by molar-refractivity contribution is 6.03. The van der Waals surface area contributed by atoms with Crippen LogP contribution in [0.3, 0.4) is 0 Å². The molecule has 7 nitrogen and oxygen atoms in total. The lowest BCUT2D eigenvalue weighted by Gasteiger charge is -2.17. The van der Waals surface area contributed by atoms with E-state index in [1.165, 1.54) is 6.42 Å². The Balaban J connectivity index is 1.25. The first-order chi connectivity index (χ1) is 15.6. The molecule has 3 heterocycles. The van der Waals surface area contributed by atoms with E-state index in [1.807, 2.05) is 55.5 Å². The van der Waals surface area contributed by atoms with Gasteiger partial charge in [0.25, 0.3) is 0 Å². The summed E-state index contributed by atoms with van der Waals surface area (Å²) in [7, 11) is 0. The molecule has 0 aliphatic carbocycles. The monoisotopic (exact) mass is 429 g/mol. The second-order valence-corrected chi connectivity index (χ2v) is 8.71. The van der Waals surface area contributed by atoms with Gasteiger partial charge in [0.1, 0.15) is 5.82 Å². The minimum atomic E-state index is -0.365. The summed E-state index contributed by atoms with van der Waals surface area (Å²) in [4.78, 5) is 27.0. The van der Waals surface area contributed by atoms with Crippen LogP contribution in [0.4, 0.5) is 11.4 Å². The van der Waals surface area contributed by atoms with Crippen LogP contribution in [0, 0.1) is 12.8 Å². The second kappa shape index (κ2) is 8.57. The molecule has 1 saturated heterocycles. The van der Waals surface area contributed by atoms with E-state index < -0.39 is 0 Å². The Morgan fingerprint density at radius 2 is 1.78 bits per heavy atom. The summed E-state index contributed by atoms with van der Waals surface area (Å²) < 4.78 is 2.21. The zero-order valence-corrected chi connectivity index (χ0v) is 18.3. The summed E-state index contributed by atoms with van der Waals surface area (Å²) in [5.41, 5.74) is 3.69. The summed E-state index contributed by atoms with van der Waals surface area (Å²) >= 11 is 0. The molecule has 0 unspecified atom stereocenters. The van der Waals surface area contributed by atoms with Gasteiger partial charge in [0.2, 0.25) is 11.8 Å². The van der Waals surface area contributed by atoms with E-state index in [9.17, 15) is 9.59 Å². The third-order valence-corrected chi connectivity index (χ3v) is 6.36. The van der Waals surface area contributed by atoms with Gasteiger partial charge in [-0.05, 0) is 56.2 Å². The van der Waals surface area contributed by atoms with Crippen LogP contribution in [0.5, 0.6) is 0 Å². The maximum atomic E-state index is 12.8. The van der Waals surface area contributed by atoms with E-state index in [1.54, 1.807) is 4.90 Å². The van der Waals surface area contributed by atoms with Crippen LogP contribution in [0.2, 0.25) is 0 Å². The van der Waals surface area contributed by atoms with Crippen LogP contribution in [-0.2, 0) is 22.6 Å². The number of anilines is 2. The molecule has 2 aliphatic heterocycles. The number of fused-ring (bicyclic) bond motifs is 1. The van der Waals surface area contributed by atoms with Gasteiger partial charge in [-0.25, -0.2) is 0 Å². The fourth-order valence-electron chi connectivity index (χ4n) is 4.50. The number of amides is 2. The first kappa shape index (κ1) is 20.4. The van der Waals surface area contributed by atoms with Gasteiger partial charge in [0, 0.05) is 42.9 Å². The topological polar surface area (TPSA) is 80.1 Å². The largest absolute Gasteiger partial charge is 0.326 e. The lowest BCUT2D eigenvalue weighted by atomic mass is 10.1. The normalized spacial score (nSPS) is 18.3. The van der Waals surface area contributed by atoms with Gasteiger partial charge in [-0.3, -0.25) is 9.59 Å². The summed E-state index contributed by atoms with van der Waals surface area (Å²) in [6.45, 7) is 3.36. The zero-order chi connectivity index (χ0) is 22.1. The Bertz CT molecular complexity index is 1130. The molecule has 2 aliphatic rings. The smallest absolute Gasteiger partial charge is 0.229 e. The molecule has 7 heteroatoms. The van der Waals surface area contributed by atoms with Crippen molar-refractivity contribution in [3.63, 3.8) is 0 Å². The molecule has 32 heavy (non-hydrogen) atoms. The van der Waals surface area contributed by atoms with Crippen molar-refractivity contribution >= 4 is 23.2 Å². The van der Waals surface area contributed by atoms with Crippen molar-refractivity contribution in [2.24, 2.45) is 5.92 Å². The molecule has 1 aromatic heterocycles. The maximum Gasteiger partial charge on any atom is 0.229 e. The predicted molar refractivity (Wildman–Crippen MR) is 123 cm³/mol. The number of nitrogens with one attached hydrogen (secondary N) is 1. The predicted octanol–water partition coefficient (Wildman–Crippen LogP) is 3.97. The first-order valence-electron chi connectivity index (χ1n) is 11.3. The number of benzene rings is 2. The van der Waals surface area contributed by atoms with Crippen LogP contribution in [0.15, 0.2) is 48.5 Å². The summed E-state index contributed by atoms with van der Waals surface area (Å²) in [6, 6.07) is 15.5. The molecule has 2 amide bonds. The van der Waals surface area contributed by atoms with Gasteiger partial charge >= 0.3 is 0 Å². The summed E-state index contributed by atoms with van der Waals surface area (Å²) in [5, 5.41) is 11.7. The molecule has 164 valence electrons. The molecule has 1 atom stereocenters. The van der Waals surface area contributed by atoms with E-state index in [2.05, 4.69) is 20.1 Å². The second-order valence-electron chi connectivity index (χ2n) is 8.71. The Hall–Kier alpha value is -3.48. The van der Waals surface area contributed by atoms with Crippen molar-refractivity contribution in [2.75, 3.05) is 16.8 Å². The van der Waals surface area contributed by atoms with E-state index in [4.69, 9.17) is 0 Å². The molecule has 0 saturated carbocycles. The van der Waals surface area contributed by atoms with Crippen LogP contribution in [-0.4, -0.2) is 33.1 Å². The average Bonchev–Trinajstić information content (AvgIpc) is 3.30. The molecule has 1 N–H and O–H groups in total. The number of nitrogens with zero attached hydrogens (tertiary/aromatic N) is 4. The number of carbonyl (C=O) groups is 2. The number of hydrogen-bond donors (Lipinski definition) is 1. The van der Waals surface area contributed by atoms with Gasteiger partial charge in [0.05, 0.1) is 5.92 Å². The number of aryl methyl sites for hydroxylation is 2. The fourth-order valence-corrected chi connectivity index (χ4v) is 4.50. The highest BCUT2D eigenvalue weighted by Crippen LogP contribution is 2.27. The first-order valence-corrected chi connectivity index (χ1v) is 11.3. The highest BCUT2D eigenvalue weighted by atomic mass is 16.2. The van der Waals surface area contributed by atoms with Crippen LogP contribution >= 0.6 is 0 Å². The summed E-state index contributed by atoms with van der Waals surface area (Å²) in [5.74, 6) is 1.43. The number of aromatic nitrogens is 3. The number of hydrogen-bond acceptors (Lipinski definition) is 4. The Morgan fingerprint density at radius 1 is 1.00 bits per heavy atom. The molecule has 5 rings (SSSR count). The SMILES string of the molecule is Cc1ccc(N2C[C@@H](C(=O)Nc3ccc(-c4nnc5n4CCCCC5)cc3)CC2=O)cc1. The van der Waals surface area contributed by atoms with E-state index >= 15 is 0 Å². The molecular formula is C25H27N5O2. The van der Waals surface area contributed by atoms with Crippen LogP contribution in [0.1, 0.15) is 37.1 Å². The van der Waals surface area contributed by atoms with E-state index in [-0.39, 0.29) is 24.2 Å². The minimum Gasteiger partial charge on any atom is -0.326 e. The van der Waals surface area contributed by atoms with Crippen molar-refractivity contribution in [1.82, 2.24) is 14.8 Å². The van der Waals surface area contributed by atoms with Gasteiger partial charge in [-0.2, -0.15) is 0 Å². The van der Waals surface area contributed by atoms with E-state index in [0.717, 1.165) is 60.0 Å². The van der Waals surface area contributed by atoms with Gasteiger partial charge in [0.15, 0.2) is 5.82 Å². The standard InChI is InChI=1S/C25H27N5O2/c1-17-6-12-21(13-7-17)30-16-19(15-23(30)31)25(32)26-20-10-8-18(9-11-20)24-28-27-22-5-3-2-4-14-29(22)24/h6-13,19H,2-5,14-16H2,1H3,(H,26,32)/t19-/m0/s1. The Morgan fingerprint density at radius 3 is 2.56 bits per heavy atom. The zero-order valence-electron chi connectivity index (χ0n) is 18.3. The third kappa shape index (κ3) is 4.02. The quantitative estimate of drug-likeness (QED) is 0.681. The molecule has 1 fully saturated rings. The minimum absolute atomic E-state index is 0.0168. The molecular weight excluding hydrogens is 402 g/mol. The molecule has 0 bridgehead atoms. The van der Waals surface area contributed by atoms with Crippen molar-refractivity contribution in [1.29, 1.82) is 0 Å². The number of carbonyl (C=O) groups excluding carboxylic acids is 2. The van der Waals surface area contributed by atoms with E-state index in [0.29, 0.717) is 6.54 Å². The van der Waals surface area contributed by atoms with Gasteiger partial charge in [-0.1, -0.05) is 24.1 Å². The van der Waals surface area contributed by atoms with Crippen LogP contribution < -0.4 is 10.2 Å². The Labute approximate surface area is 187 Å².